The Morgan fingerprint density at radius 3 is 1.92 bits per heavy atom. The van der Waals surface area contributed by atoms with E-state index in [1.807, 2.05) is 42.5 Å². The topological polar surface area (TPSA) is 50.9 Å². The molecule has 0 bridgehead atoms. The molecular formula is C59H44N3OPt-. The summed E-state index contributed by atoms with van der Waals surface area (Å²) >= 11 is 0. The first-order valence-electron chi connectivity index (χ1n) is 21.6. The van der Waals surface area contributed by atoms with Crippen LogP contribution in [0.1, 0.15) is 36.2 Å². The van der Waals surface area contributed by atoms with Crippen LogP contribution in [0.3, 0.4) is 0 Å². The summed E-state index contributed by atoms with van der Waals surface area (Å²) in [4.78, 5) is 10.3. The normalized spacial score (nSPS) is 12.4. The van der Waals surface area contributed by atoms with Crippen molar-refractivity contribution in [1.29, 1.82) is 0 Å². The Kier molecular flexibility index (Phi) is 10.6. The van der Waals surface area contributed by atoms with Crippen molar-refractivity contribution in [2.45, 2.75) is 32.7 Å². The fourth-order valence-electron chi connectivity index (χ4n) is 9.69. The number of rotatable bonds is 8. The molecule has 312 valence electrons. The molecule has 0 atom stereocenters. The number of aromatic nitrogens is 3. The standard InChI is InChI=1S/C59H44N3O.Pt/c1-38-31-45(36-52(60-38)41-21-16-22-42(32-41)53-34-44(40-19-8-5-9-20-40)35-54(61-53)48-24-12-15-28-56(48)63)58-57(49-25-11-14-27-55(49)62(58)37-39-17-6-4-7-18-39)43-29-30-47-46-23-10-13-26-50(46)59(2,3)51(47)33-43;/h4-31,33-36,63H,37H2,1-3H3;/q-1;. The summed E-state index contributed by atoms with van der Waals surface area (Å²) in [5, 5.41) is 12.1. The number of hydrogen-bond acceptors (Lipinski definition) is 3. The van der Waals surface area contributed by atoms with Crippen molar-refractivity contribution in [3.05, 3.63) is 223 Å². The van der Waals surface area contributed by atoms with Gasteiger partial charge in [0.25, 0.3) is 0 Å². The van der Waals surface area contributed by atoms with Crippen molar-refractivity contribution in [2.75, 3.05) is 0 Å². The molecule has 0 unspecified atom stereocenters. The van der Waals surface area contributed by atoms with E-state index in [9.17, 15) is 5.11 Å². The summed E-state index contributed by atoms with van der Waals surface area (Å²) < 4.78 is 2.49. The van der Waals surface area contributed by atoms with Crippen LogP contribution in [0.25, 0.3) is 89.3 Å². The van der Waals surface area contributed by atoms with Gasteiger partial charge in [0.1, 0.15) is 5.75 Å². The Balaban J connectivity index is 0.00000484. The number of hydrogen-bond donors (Lipinski definition) is 1. The first kappa shape index (κ1) is 40.9. The smallest absolute Gasteiger partial charge is 0.124 e. The third-order valence-electron chi connectivity index (χ3n) is 12.7. The van der Waals surface area contributed by atoms with E-state index in [4.69, 9.17) is 9.97 Å². The number of fused-ring (bicyclic) bond motifs is 4. The zero-order valence-corrected chi connectivity index (χ0v) is 38.1. The van der Waals surface area contributed by atoms with E-state index in [0.717, 1.165) is 50.6 Å². The molecule has 0 saturated heterocycles. The number of benzene rings is 7. The number of aryl methyl sites for hydroxylation is 1. The molecule has 64 heavy (non-hydrogen) atoms. The minimum Gasteiger partial charge on any atom is -0.507 e. The maximum atomic E-state index is 10.9. The number of pyridine rings is 2. The van der Waals surface area contributed by atoms with Crippen molar-refractivity contribution >= 4 is 10.9 Å². The van der Waals surface area contributed by atoms with Crippen LogP contribution in [0.5, 0.6) is 5.75 Å². The van der Waals surface area contributed by atoms with E-state index < -0.39 is 0 Å². The Labute approximate surface area is 388 Å². The van der Waals surface area contributed by atoms with E-state index in [-0.39, 0.29) is 32.2 Å². The molecule has 4 nitrogen and oxygen atoms in total. The molecule has 0 spiro atoms. The van der Waals surface area contributed by atoms with Crippen LogP contribution in [-0.4, -0.2) is 19.6 Å². The predicted molar refractivity (Wildman–Crippen MR) is 258 cm³/mol. The van der Waals surface area contributed by atoms with Crippen molar-refractivity contribution in [3.8, 4) is 84.2 Å². The quantitative estimate of drug-likeness (QED) is 0.154. The van der Waals surface area contributed by atoms with Crippen LogP contribution in [-0.2, 0) is 33.0 Å². The third-order valence-corrected chi connectivity index (χ3v) is 12.7. The summed E-state index contributed by atoms with van der Waals surface area (Å²) in [6.45, 7) is 7.49. The van der Waals surface area contributed by atoms with Gasteiger partial charge in [-0.05, 0) is 93.4 Å². The average Bonchev–Trinajstić information content (AvgIpc) is 3.77. The number of aromatic hydroxyl groups is 1. The predicted octanol–water partition coefficient (Wildman–Crippen LogP) is 14.6. The van der Waals surface area contributed by atoms with Gasteiger partial charge in [0.2, 0.25) is 0 Å². The third kappa shape index (κ3) is 7.18. The van der Waals surface area contributed by atoms with Crippen LogP contribution >= 0.6 is 0 Å². The fourth-order valence-corrected chi connectivity index (χ4v) is 9.69. The summed E-state index contributed by atoms with van der Waals surface area (Å²) in [6.07, 6.45) is 0. The number of phenols is 1. The van der Waals surface area contributed by atoms with Crippen molar-refractivity contribution in [2.24, 2.45) is 0 Å². The first-order chi connectivity index (χ1) is 30.8. The van der Waals surface area contributed by atoms with Crippen molar-refractivity contribution < 1.29 is 26.2 Å². The van der Waals surface area contributed by atoms with Crippen LogP contribution in [0, 0.1) is 13.0 Å². The molecule has 1 aliphatic rings. The minimum atomic E-state index is -0.135. The minimum absolute atomic E-state index is 0. The molecular weight excluding hydrogens is 962 g/mol. The van der Waals surface area contributed by atoms with Gasteiger partial charge in [0.05, 0.1) is 11.4 Å². The van der Waals surface area contributed by atoms with Crippen molar-refractivity contribution in [3.63, 3.8) is 0 Å². The second kappa shape index (κ2) is 16.5. The van der Waals surface area contributed by atoms with E-state index >= 15 is 0 Å². The van der Waals surface area contributed by atoms with Crippen LogP contribution < -0.4 is 0 Å². The Morgan fingerprint density at radius 2 is 1.14 bits per heavy atom. The first-order valence-corrected chi connectivity index (χ1v) is 21.6. The van der Waals surface area contributed by atoms with Gasteiger partial charge < -0.3 is 9.67 Å². The molecule has 0 amide bonds. The zero-order chi connectivity index (χ0) is 42.7. The van der Waals surface area contributed by atoms with Gasteiger partial charge in [-0.3, -0.25) is 9.97 Å². The summed E-state index contributed by atoms with van der Waals surface area (Å²) in [6, 6.07) is 71.7. The molecule has 7 aromatic carbocycles. The second-order valence-electron chi connectivity index (χ2n) is 17.1. The Bertz CT molecular complexity index is 3370. The van der Waals surface area contributed by atoms with E-state index in [1.165, 1.54) is 49.8 Å². The van der Waals surface area contributed by atoms with Crippen LogP contribution in [0.4, 0.5) is 0 Å². The monoisotopic (exact) mass is 1010 g/mol. The van der Waals surface area contributed by atoms with Gasteiger partial charge >= 0.3 is 0 Å². The maximum absolute atomic E-state index is 10.9. The number of nitrogens with zero attached hydrogens (tertiary/aromatic N) is 3. The fraction of sp³-hybridized carbons (Fsp3) is 0.0847. The van der Waals surface area contributed by atoms with Crippen molar-refractivity contribution in [1.82, 2.24) is 14.5 Å². The average molecular weight is 1010 g/mol. The van der Waals surface area contributed by atoms with Gasteiger partial charge in [0.15, 0.2) is 0 Å². The molecule has 0 aliphatic heterocycles. The number of para-hydroxylation sites is 2. The molecule has 3 heterocycles. The van der Waals surface area contributed by atoms with Gasteiger partial charge in [-0.25, -0.2) is 0 Å². The second-order valence-corrected chi connectivity index (χ2v) is 17.1. The molecule has 0 saturated carbocycles. The molecule has 5 heteroatoms. The molecule has 0 fully saturated rings. The summed E-state index contributed by atoms with van der Waals surface area (Å²) in [5.74, 6) is 0.188. The van der Waals surface area contributed by atoms with Gasteiger partial charge in [-0.2, -0.15) is 0 Å². The molecule has 3 aromatic heterocycles. The van der Waals surface area contributed by atoms with Gasteiger partial charge in [-0.15, -0.1) is 24.3 Å². The largest absolute Gasteiger partial charge is 0.507 e. The van der Waals surface area contributed by atoms with E-state index in [0.29, 0.717) is 17.8 Å². The summed E-state index contributed by atoms with van der Waals surface area (Å²) in [7, 11) is 0. The maximum Gasteiger partial charge on any atom is 0.124 e. The molecule has 0 radical (unpaired) electrons. The summed E-state index contributed by atoms with van der Waals surface area (Å²) in [5.41, 5.74) is 19.9. The number of phenolic OH excluding ortho intramolecular Hbond substituents is 1. The molecule has 1 aliphatic carbocycles. The van der Waals surface area contributed by atoms with Gasteiger partial charge in [0, 0.05) is 72.1 Å². The van der Waals surface area contributed by atoms with Gasteiger partial charge in [-0.1, -0.05) is 165 Å². The molecule has 11 rings (SSSR count). The van der Waals surface area contributed by atoms with Crippen LogP contribution in [0.2, 0.25) is 0 Å². The SMILES string of the molecule is Cc1cc(-c2c(-c3ccc4c(c3)C(C)(C)c3ccccc3-4)c3ccccc3n2Cc2ccccc2)cc(-c2[c-]c(-c3cc(-c4ccccc4)cc(-c4ccccc4O)n3)ccc2)n1.[Pt]. The zero-order valence-electron chi connectivity index (χ0n) is 35.8. The van der Waals surface area contributed by atoms with Crippen LogP contribution in [0.15, 0.2) is 194 Å². The van der Waals surface area contributed by atoms with E-state index in [2.05, 4.69) is 177 Å². The molecule has 10 aromatic rings. The molecule has 1 N–H and O–H groups in total. The van der Waals surface area contributed by atoms with E-state index in [1.54, 1.807) is 6.07 Å². The Morgan fingerprint density at radius 1 is 0.516 bits per heavy atom. The Hall–Kier alpha value is -7.13.